The highest BCUT2D eigenvalue weighted by atomic mass is 35.5. The van der Waals surface area contributed by atoms with Gasteiger partial charge in [-0.25, -0.2) is 0 Å². The van der Waals surface area contributed by atoms with Crippen molar-refractivity contribution in [2.24, 2.45) is 0 Å². The van der Waals surface area contributed by atoms with Crippen LogP contribution in [0.3, 0.4) is 0 Å². The molecule has 5 heteroatoms. The molecule has 0 heterocycles. The lowest BCUT2D eigenvalue weighted by atomic mass is 10.1. The molecule has 0 spiro atoms. The molecule has 0 N–H and O–H groups in total. The molecule has 2 aromatic carbocycles. The van der Waals surface area contributed by atoms with Gasteiger partial charge in [0.05, 0.1) is 6.04 Å². The number of amides is 1. The van der Waals surface area contributed by atoms with E-state index >= 15 is 0 Å². The summed E-state index contributed by atoms with van der Waals surface area (Å²) in [5.41, 5.74) is 1.47. The second-order valence-corrected chi connectivity index (χ2v) is 6.88. The SMILES string of the molecule is CC(c1ccccc1Cl)N(C)C(=O)c1ccc(S(C)=O)cc1. The van der Waals surface area contributed by atoms with Crippen LogP contribution in [0.4, 0.5) is 0 Å². The molecule has 2 rings (SSSR count). The molecule has 2 aromatic rings. The van der Waals surface area contributed by atoms with Gasteiger partial charge >= 0.3 is 0 Å². The van der Waals surface area contributed by atoms with Crippen LogP contribution in [-0.4, -0.2) is 28.3 Å². The Hall–Kier alpha value is -1.65. The van der Waals surface area contributed by atoms with Gasteiger partial charge in [-0.05, 0) is 42.8 Å². The number of carbonyl (C=O) groups excluding carboxylic acids is 1. The predicted molar refractivity (Wildman–Crippen MR) is 90.7 cm³/mol. The molecule has 0 saturated carbocycles. The Morgan fingerprint density at radius 1 is 1.14 bits per heavy atom. The number of rotatable bonds is 4. The average molecular weight is 336 g/mol. The van der Waals surface area contributed by atoms with Crippen molar-refractivity contribution in [3.8, 4) is 0 Å². The Labute approximate surface area is 138 Å². The third-order valence-corrected chi connectivity index (χ3v) is 4.97. The van der Waals surface area contributed by atoms with Crippen molar-refractivity contribution in [1.29, 1.82) is 0 Å². The molecule has 0 aliphatic heterocycles. The summed E-state index contributed by atoms with van der Waals surface area (Å²) in [5.74, 6) is -0.0964. The topological polar surface area (TPSA) is 37.4 Å². The van der Waals surface area contributed by atoms with Crippen LogP contribution in [0.25, 0.3) is 0 Å². The average Bonchev–Trinajstić information content (AvgIpc) is 2.53. The van der Waals surface area contributed by atoms with E-state index < -0.39 is 10.8 Å². The number of halogens is 1. The van der Waals surface area contributed by atoms with E-state index in [0.717, 1.165) is 5.56 Å². The van der Waals surface area contributed by atoms with Gasteiger partial charge in [0.2, 0.25) is 0 Å². The van der Waals surface area contributed by atoms with Gasteiger partial charge in [-0.15, -0.1) is 0 Å². The van der Waals surface area contributed by atoms with Crippen molar-refractivity contribution in [2.45, 2.75) is 17.9 Å². The molecule has 22 heavy (non-hydrogen) atoms. The Morgan fingerprint density at radius 3 is 2.27 bits per heavy atom. The lowest BCUT2D eigenvalue weighted by molar-refractivity contribution is 0.0742. The second kappa shape index (κ2) is 7.07. The van der Waals surface area contributed by atoms with Crippen LogP contribution in [0, 0.1) is 0 Å². The van der Waals surface area contributed by atoms with Gasteiger partial charge in [0.1, 0.15) is 0 Å². The first-order chi connectivity index (χ1) is 10.4. The predicted octanol–water partition coefficient (Wildman–Crippen LogP) is 3.91. The Morgan fingerprint density at radius 2 is 1.73 bits per heavy atom. The van der Waals surface area contributed by atoms with Crippen molar-refractivity contribution >= 4 is 28.3 Å². The minimum atomic E-state index is -1.05. The van der Waals surface area contributed by atoms with Crippen molar-refractivity contribution in [3.63, 3.8) is 0 Å². The van der Waals surface area contributed by atoms with E-state index in [9.17, 15) is 9.00 Å². The molecule has 116 valence electrons. The maximum absolute atomic E-state index is 12.6. The number of hydrogen-bond donors (Lipinski definition) is 0. The maximum Gasteiger partial charge on any atom is 0.254 e. The Bertz CT molecular complexity index is 700. The molecular formula is C17H18ClNO2S. The van der Waals surface area contributed by atoms with Crippen LogP contribution in [0.2, 0.25) is 5.02 Å². The fourth-order valence-electron chi connectivity index (χ4n) is 2.19. The van der Waals surface area contributed by atoms with Gasteiger partial charge in [-0.1, -0.05) is 29.8 Å². The second-order valence-electron chi connectivity index (χ2n) is 5.09. The van der Waals surface area contributed by atoms with Crippen LogP contribution in [0.1, 0.15) is 28.9 Å². The number of hydrogen-bond acceptors (Lipinski definition) is 2. The van der Waals surface area contributed by atoms with Gasteiger partial charge < -0.3 is 4.90 Å². The summed E-state index contributed by atoms with van der Waals surface area (Å²) in [6.45, 7) is 1.94. The van der Waals surface area contributed by atoms with Crippen molar-refractivity contribution < 1.29 is 9.00 Å². The highest BCUT2D eigenvalue weighted by Crippen LogP contribution is 2.27. The minimum absolute atomic E-state index is 0.0964. The third kappa shape index (κ3) is 3.57. The Kier molecular flexibility index (Phi) is 5.37. The molecule has 0 aliphatic rings. The molecule has 1 amide bonds. The van der Waals surface area contributed by atoms with E-state index in [1.165, 1.54) is 0 Å². The molecule has 2 unspecified atom stereocenters. The maximum atomic E-state index is 12.6. The lowest BCUT2D eigenvalue weighted by Gasteiger charge is -2.26. The molecule has 0 aliphatic carbocycles. The van der Waals surface area contributed by atoms with Crippen LogP contribution in [0.15, 0.2) is 53.4 Å². The smallest absolute Gasteiger partial charge is 0.254 e. The van der Waals surface area contributed by atoms with E-state index in [0.29, 0.717) is 15.5 Å². The van der Waals surface area contributed by atoms with E-state index in [1.54, 1.807) is 42.5 Å². The highest BCUT2D eigenvalue weighted by molar-refractivity contribution is 7.84. The van der Waals surface area contributed by atoms with E-state index in [4.69, 9.17) is 11.6 Å². The summed E-state index contributed by atoms with van der Waals surface area (Å²) in [7, 11) is 0.707. The summed E-state index contributed by atoms with van der Waals surface area (Å²) in [6.07, 6.45) is 1.61. The fourth-order valence-corrected chi connectivity index (χ4v) is 3.00. The van der Waals surface area contributed by atoms with Crippen molar-refractivity contribution in [2.75, 3.05) is 13.3 Å². The summed E-state index contributed by atoms with van der Waals surface area (Å²) in [6, 6.07) is 14.2. The Balaban J connectivity index is 2.21. The largest absolute Gasteiger partial charge is 0.335 e. The zero-order valence-corrected chi connectivity index (χ0v) is 14.3. The first-order valence-electron chi connectivity index (χ1n) is 6.87. The van der Waals surface area contributed by atoms with Gasteiger partial charge in [0.15, 0.2) is 0 Å². The number of benzene rings is 2. The summed E-state index contributed by atoms with van der Waals surface area (Å²) >= 11 is 6.20. The molecule has 0 saturated heterocycles. The fraction of sp³-hybridized carbons (Fsp3) is 0.235. The zero-order chi connectivity index (χ0) is 16.3. The first kappa shape index (κ1) is 16.7. The molecule has 0 radical (unpaired) electrons. The van der Waals surface area contributed by atoms with E-state index in [1.807, 2.05) is 31.2 Å². The van der Waals surface area contributed by atoms with Crippen LogP contribution < -0.4 is 0 Å². The van der Waals surface area contributed by atoms with Gasteiger partial charge in [0, 0.05) is 39.6 Å². The first-order valence-corrected chi connectivity index (χ1v) is 8.80. The number of nitrogens with zero attached hydrogens (tertiary/aromatic N) is 1. The van der Waals surface area contributed by atoms with Crippen LogP contribution >= 0.6 is 11.6 Å². The molecule has 0 aromatic heterocycles. The van der Waals surface area contributed by atoms with Crippen LogP contribution in [0.5, 0.6) is 0 Å². The van der Waals surface area contributed by atoms with Gasteiger partial charge in [-0.2, -0.15) is 0 Å². The van der Waals surface area contributed by atoms with Gasteiger partial charge in [0.25, 0.3) is 5.91 Å². The molecule has 0 fully saturated rings. The summed E-state index contributed by atoms with van der Waals surface area (Å²) in [4.78, 5) is 14.9. The summed E-state index contributed by atoms with van der Waals surface area (Å²) in [5, 5.41) is 0.645. The van der Waals surface area contributed by atoms with Gasteiger partial charge in [-0.3, -0.25) is 9.00 Å². The summed E-state index contributed by atoms with van der Waals surface area (Å²) < 4.78 is 11.4. The number of carbonyl (C=O) groups is 1. The molecular weight excluding hydrogens is 318 g/mol. The van der Waals surface area contributed by atoms with Crippen molar-refractivity contribution in [3.05, 3.63) is 64.7 Å². The molecule has 2 atom stereocenters. The van der Waals surface area contributed by atoms with E-state index in [2.05, 4.69) is 0 Å². The standard InChI is InChI=1S/C17H18ClNO2S/c1-12(15-6-4-5-7-16(15)18)19(2)17(20)13-8-10-14(11-9-13)22(3)21/h4-12H,1-3H3. The zero-order valence-electron chi connectivity index (χ0n) is 12.7. The monoisotopic (exact) mass is 335 g/mol. The lowest BCUT2D eigenvalue weighted by Crippen LogP contribution is -2.29. The van der Waals surface area contributed by atoms with Crippen molar-refractivity contribution in [1.82, 2.24) is 4.90 Å². The highest BCUT2D eigenvalue weighted by Gasteiger charge is 2.20. The quantitative estimate of drug-likeness (QED) is 0.849. The molecule has 0 bridgehead atoms. The van der Waals surface area contributed by atoms with E-state index in [-0.39, 0.29) is 11.9 Å². The molecule has 3 nitrogen and oxygen atoms in total. The normalized spacial score (nSPS) is 13.5. The minimum Gasteiger partial charge on any atom is -0.335 e. The van der Waals surface area contributed by atoms with Crippen LogP contribution in [-0.2, 0) is 10.8 Å². The third-order valence-electron chi connectivity index (χ3n) is 3.69.